The SMILES string of the molecule is O=C(c1ccc(NCCOc2ccccc2F)cc1)N1CCCC1. The summed E-state index contributed by atoms with van der Waals surface area (Å²) in [6.07, 6.45) is 2.18. The highest BCUT2D eigenvalue weighted by atomic mass is 19.1. The van der Waals surface area contributed by atoms with Crippen molar-refractivity contribution in [2.24, 2.45) is 0 Å². The molecule has 0 unspecified atom stereocenters. The quantitative estimate of drug-likeness (QED) is 0.825. The van der Waals surface area contributed by atoms with Crippen LogP contribution in [0.1, 0.15) is 23.2 Å². The van der Waals surface area contributed by atoms with E-state index in [1.165, 1.54) is 6.07 Å². The molecule has 5 heteroatoms. The highest BCUT2D eigenvalue weighted by Crippen LogP contribution is 2.16. The Morgan fingerprint density at radius 3 is 2.50 bits per heavy atom. The number of likely N-dealkylation sites (tertiary alicyclic amines) is 1. The van der Waals surface area contributed by atoms with Gasteiger partial charge in [0.1, 0.15) is 6.61 Å². The number of anilines is 1. The van der Waals surface area contributed by atoms with Crippen molar-refractivity contribution in [2.45, 2.75) is 12.8 Å². The number of halogens is 1. The highest BCUT2D eigenvalue weighted by molar-refractivity contribution is 5.94. The van der Waals surface area contributed by atoms with Crippen LogP contribution in [0.25, 0.3) is 0 Å². The predicted molar refractivity (Wildman–Crippen MR) is 92.0 cm³/mol. The third-order valence-corrected chi connectivity index (χ3v) is 4.05. The van der Waals surface area contributed by atoms with Gasteiger partial charge in [-0.1, -0.05) is 12.1 Å². The molecule has 1 fully saturated rings. The standard InChI is InChI=1S/C19H21FN2O2/c20-17-5-1-2-6-18(17)24-14-11-21-16-9-7-15(8-10-16)19(23)22-12-3-4-13-22/h1-2,5-10,21H,3-4,11-14H2. The molecule has 1 N–H and O–H groups in total. The predicted octanol–water partition coefficient (Wildman–Crippen LogP) is 3.55. The summed E-state index contributed by atoms with van der Waals surface area (Å²) in [7, 11) is 0. The summed E-state index contributed by atoms with van der Waals surface area (Å²) in [6.45, 7) is 2.61. The number of amides is 1. The molecule has 1 saturated heterocycles. The summed E-state index contributed by atoms with van der Waals surface area (Å²) < 4.78 is 18.8. The molecule has 1 amide bonds. The molecule has 0 spiro atoms. The third kappa shape index (κ3) is 4.04. The van der Waals surface area contributed by atoms with E-state index in [0.717, 1.165) is 31.6 Å². The number of carbonyl (C=O) groups is 1. The van der Waals surface area contributed by atoms with Crippen LogP contribution in [0.4, 0.5) is 10.1 Å². The van der Waals surface area contributed by atoms with Crippen molar-refractivity contribution < 1.29 is 13.9 Å². The van der Waals surface area contributed by atoms with Crippen LogP contribution < -0.4 is 10.1 Å². The molecule has 126 valence electrons. The second-order valence-electron chi connectivity index (χ2n) is 5.78. The molecule has 0 aliphatic carbocycles. The van der Waals surface area contributed by atoms with E-state index in [0.29, 0.717) is 18.7 Å². The van der Waals surface area contributed by atoms with E-state index in [-0.39, 0.29) is 17.5 Å². The summed E-state index contributed by atoms with van der Waals surface area (Å²) >= 11 is 0. The fourth-order valence-corrected chi connectivity index (χ4v) is 2.75. The smallest absolute Gasteiger partial charge is 0.253 e. The molecule has 4 nitrogen and oxygen atoms in total. The molecular formula is C19H21FN2O2. The maximum absolute atomic E-state index is 13.4. The first-order chi connectivity index (χ1) is 11.7. The lowest BCUT2D eigenvalue weighted by Crippen LogP contribution is -2.27. The number of para-hydroxylation sites is 1. The van der Waals surface area contributed by atoms with Gasteiger partial charge in [0, 0.05) is 30.9 Å². The van der Waals surface area contributed by atoms with Crippen LogP contribution in [-0.2, 0) is 0 Å². The zero-order valence-electron chi connectivity index (χ0n) is 13.5. The van der Waals surface area contributed by atoms with Gasteiger partial charge in [0.15, 0.2) is 11.6 Å². The van der Waals surface area contributed by atoms with E-state index in [1.807, 2.05) is 29.2 Å². The van der Waals surface area contributed by atoms with Crippen LogP contribution in [0.2, 0.25) is 0 Å². The van der Waals surface area contributed by atoms with E-state index in [2.05, 4.69) is 5.32 Å². The Balaban J connectivity index is 1.46. The molecule has 0 atom stereocenters. The minimum atomic E-state index is -0.359. The number of benzene rings is 2. The molecule has 3 rings (SSSR count). The highest BCUT2D eigenvalue weighted by Gasteiger charge is 2.18. The Kier molecular flexibility index (Phi) is 5.31. The maximum atomic E-state index is 13.4. The van der Waals surface area contributed by atoms with E-state index < -0.39 is 0 Å². The molecule has 0 radical (unpaired) electrons. The first kappa shape index (κ1) is 16.3. The minimum absolute atomic E-state index is 0.0990. The second-order valence-corrected chi connectivity index (χ2v) is 5.78. The van der Waals surface area contributed by atoms with Gasteiger partial charge in [0.05, 0.1) is 0 Å². The summed E-state index contributed by atoms with van der Waals surface area (Å²) in [5, 5.41) is 3.20. The average Bonchev–Trinajstić information content (AvgIpc) is 3.15. The number of hydrogen-bond donors (Lipinski definition) is 1. The number of carbonyl (C=O) groups excluding carboxylic acids is 1. The van der Waals surface area contributed by atoms with Gasteiger partial charge in [-0.05, 0) is 49.2 Å². The van der Waals surface area contributed by atoms with Gasteiger partial charge in [-0.2, -0.15) is 0 Å². The topological polar surface area (TPSA) is 41.6 Å². The van der Waals surface area contributed by atoms with E-state index in [1.54, 1.807) is 18.2 Å². The normalized spacial score (nSPS) is 13.8. The first-order valence-electron chi connectivity index (χ1n) is 8.24. The van der Waals surface area contributed by atoms with Gasteiger partial charge in [0.25, 0.3) is 5.91 Å². The zero-order chi connectivity index (χ0) is 16.8. The molecule has 0 saturated carbocycles. The van der Waals surface area contributed by atoms with Gasteiger partial charge in [0.2, 0.25) is 0 Å². The minimum Gasteiger partial charge on any atom is -0.489 e. The molecular weight excluding hydrogens is 307 g/mol. The van der Waals surface area contributed by atoms with Crippen LogP contribution in [0.5, 0.6) is 5.75 Å². The van der Waals surface area contributed by atoms with Crippen molar-refractivity contribution in [3.05, 3.63) is 59.9 Å². The summed E-state index contributed by atoms with van der Waals surface area (Å²) in [6, 6.07) is 13.8. The molecule has 0 bridgehead atoms. The van der Waals surface area contributed by atoms with Gasteiger partial charge < -0.3 is 15.0 Å². The Bertz CT molecular complexity index is 682. The first-order valence-corrected chi connectivity index (χ1v) is 8.24. The van der Waals surface area contributed by atoms with Crippen LogP contribution in [0.3, 0.4) is 0 Å². The van der Waals surface area contributed by atoms with Crippen LogP contribution in [0, 0.1) is 5.82 Å². The molecule has 2 aromatic carbocycles. The fraction of sp³-hybridized carbons (Fsp3) is 0.316. The monoisotopic (exact) mass is 328 g/mol. The fourth-order valence-electron chi connectivity index (χ4n) is 2.75. The van der Waals surface area contributed by atoms with E-state index in [9.17, 15) is 9.18 Å². The number of ether oxygens (including phenoxy) is 1. The zero-order valence-corrected chi connectivity index (χ0v) is 13.5. The van der Waals surface area contributed by atoms with Crippen molar-refractivity contribution in [3.8, 4) is 5.75 Å². The number of nitrogens with one attached hydrogen (secondary N) is 1. The third-order valence-electron chi connectivity index (χ3n) is 4.05. The van der Waals surface area contributed by atoms with Crippen LogP contribution in [-0.4, -0.2) is 37.0 Å². The lowest BCUT2D eigenvalue weighted by atomic mass is 10.2. The second kappa shape index (κ2) is 7.81. The number of rotatable bonds is 6. The Morgan fingerprint density at radius 2 is 1.79 bits per heavy atom. The number of hydrogen-bond acceptors (Lipinski definition) is 3. The van der Waals surface area contributed by atoms with Crippen LogP contribution in [0.15, 0.2) is 48.5 Å². The van der Waals surface area contributed by atoms with Crippen molar-refractivity contribution in [3.63, 3.8) is 0 Å². The Hall–Kier alpha value is -2.56. The van der Waals surface area contributed by atoms with Crippen molar-refractivity contribution >= 4 is 11.6 Å². The van der Waals surface area contributed by atoms with E-state index >= 15 is 0 Å². The summed E-state index contributed by atoms with van der Waals surface area (Å²) in [5.74, 6) is -0.00456. The van der Waals surface area contributed by atoms with Crippen molar-refractivity contribution in [1.82, 2.24) is 4.90 Å². The largest absolute Gasteiger partial charge is 0.489 e. The molecule has 0 aromatic heterocycles. The maximum Gasteiger partial charge on any atom is 0.253 e. The van der Waals surface area contributed by atoms with E-state index in [4.69, 9.17) is 4.74 Å². The molecule has 1 aliphatic heterocycles. The number of nitrogens with zero attached hydrogens (tertiary/aromatic N) is 1. The van der Waals surface area contributed by atoms with Gasteiger partial charge in [-0.15, -0.1) is 0 Å². The van der Waals surface area contributed by atoms with Gasteiger partial charge in [-0.3, -0.25) is 4.79 Å². The summed E-state index contributed by atoms with van der Waals surface area (Å²) in [4.78, 5) is 14.2. The Labute approximate surface area is 141 Å². The Morgan fingerprint density at radius 1 is 1.08 bits per heavy atom. The lowest BCUT2D eigenvalue weighted by Gasteiger charge is -2.15. The van der Waals surface area contributed by atoms with Crippen molar-refractivity contribution in [2.75, 3.05) is 31.6 Å². The van der Waals surface area contributed by atoms with Gasteiger partial charge >= 0.3 is 0 Å². The average molecular weight is 328 g/mol. The van der Waals surface area contributed by atoms with Gasteiger partial charge in [-0.25, -0.2) is 4.39 Å². The molecule has 1 heterocycles. The van der Waals surface area contributed by atoms with Crippen LogP contribution >= 0.6 is 0 Å². The molecule has 1 aliphatic rings. The lowest BCUT2D eigenvalue weighted by molar-refractivity contribution is 0.0793. The molecule has 24 heavy (non-hydrogen) atoms. The molecule has 2 aromatic rings. The summed E-state index contributed by atoms with van der Waals surface area (Å²) in [5.41, 5.74) is 1.62. The van der Waals surface area contributed by atoms with Crippen molar-refractivity contribution in [1.29, 1.82) is 0 Å².